The maximum absolute atomic E-state index is 12.5. The van der Waals surface area contributed by atoms with E-state index in [0.29, 0.717) is 23.4 Å². The minimum Gasteiger partial charge on any atom is -0.451 e. The van der Waals surface area contributed by atoms with Crippen LogP contribution in [-0.2, 0) is 0 Å². The predicted octanol–water partition coefficient (Wildman–Crippen LogP) is 3.12. The van der Waals surface area contributed by atoms with E-state index in [2.05, 4.69) is 22.2 Å². The highest BCUT2D eigenvalue weighted by Gasteiger charge is 2.18. The van der Waals surface area contributed by atoms with Crippen molar-refractivity contribution in [2.45, 2.75) is 0 Å². The number of para-hydroxylation sites is 1. The van der Waals surface area contributed by atoms with Gasteiger partial charge in [-0.2, -0.15) is 0 Å². The Morgan fingerprint density at radius 2 is 1.71 bits per heavy atom. The second-order valence-corrected chi connectivity index (χ2v) is 7.18. The molecule has 2 aromatic carbocycles. The molecule has 1 amide bonds. The summed E-state index contributed by atoms with van der Waals surface area (Å²) in [5, 5.41) is 3.70. The SMILES string of the molecule is CN1CCN(CC(=O)c2ccc(NC(=O)c3cc4ccccc4o3)cc2)CC1. The van der Waals surface area contributed by atoms with Crippen molar-refractivity contribution in [2.24, 2.45) is 0 Å². The molecule has 1 fully saturated rings. The van der Waals surface area contributed by atoms with Crippen molar-refractivity contribution < 1.29 is 14.0 Å². The lowest BCUT2D eigenvalue weighted by atomic mass is 10.1. The molecule has 1 N–H and O–H groups in total. The number of carbonyl (C=O) groups is 2. The van der Waals surface area contributed by atoms with E-state index in [1.54, 1.807) is 30.3 Å². The van der Waals surface area contributed by atoms with Crippen molar-refractivity contribution in [2.75, 3.05) is 45.1 Å². The lowest BCUT2D eigenvalue weighted by molar-refractivity contribution is 0.0876. The van der Waals surface area contributed by atoms with E-state index >= 15 is 0 Å². The summed E-state index contributed by atoms with van der Waals surface area (Å²) >= 11 is 0. The van der Waals surface area contributed by atoms with Crippen molar-refractivity contribution in [3.05, 3.63) is 65.9 Å². The average Bonchev–Trinajstić information content (AvgIpc) is 3.15. The van der Waals surface area contributed by atoms with Crippen molar-refractivity contribution in [1.29, 1.82) is 0 Å². The van der Waals surface area contributed by atoms with Crippen LogP contribution in [0.1, 0.15) is 20.9 Å². The Labute approximate surface area is 163 Å². The van der Waals surface area contributed by atoms with Gasteiger partial charge in [0.15, 0.2) is 11.5 Å². The average molecular weight is 377 g/mol. The third-order valence-electron chi connectivity index (χ3n) is 5.08. The van der Waals surface area contributed by atoms with Crippen molar-refractivity contribution in [3.63, 3.8) is 0 Å². The summed E-state index contributed by atoms with van der Waals surface area (Å²) in [6.07, 6.45) is 0. The van der Waals surface area contributed by atoms with Crippen molar-refractivity contribution in [3.8, 4) is 0 Å². The van der Waals surface area contributed by atoms with Gasteiger partial charge in [0.25, 0.3) is 5.91 Å². The monoisotopic (exact) mass is 377 g/mol. The fourth-order valence-electron chi connectivity index (χ4n) is 3.33. The van der Waals surface area contributed by atoms with Crippen LogP contribution in [0, 0.1) is 0 Å². The van der Waals surface area contributed by atoms with Gasteiger partial charge in [0.05, 0.1) is 6.54 Å². The highest BCUT2D eigenvalue weighted by atomic mass is 16.3. The summed E-state index contributed by atoms with van der Waals surface area (Å²) in [4.78, 5) is 29.3. The molecule has 144 valence electrons. The van der Waals surface area contributed by atoms with E-state index in [1.165, 1.54) is 0 Å². The first kappa shape index (κ1) is 18.4. The van der Waals surface area contributed by atoms with Crippen LogP contribution in [-0.4, -0.2) is 61.3 Å². The summed E-state index contributed by atoms with van der Waals surface area (Å²) in [5.41, 5.74) is 1.96. The highest BCUT2D eigenvalue weighted by molar-refractivity contribution is 6.05. The Bertz CT molecular complexity index is 953. The quantitative estimate of drug-likeness (QED) is 0.692. The molecule has 0 saturated carbocycles. The molecule has 0 atom stereocenters. The summed E-state index contributed by atoms with van der Waals surface area (Å²) in [5.74, 6) is 0.0452. The van der Waals surface area contributed by atoms with Gasteiger partial charge < -0.3 is 14.6 Å². The standard InChI is InChI=1S/C22H23N3O3/c1-24-10-12-25(13-11-24)15-19(26)16-6-8-18(9-7-16)23-22(27)21-14-17-4-2-3-5-20(17)28-21/h2-9,14H,10-13,15H2,1H3,(H,23,27). The van der Waals surface area contributed by atoms with E-state index in [4.69, 9.17) is 4.42 Å². The van der Waals surface area contributed by atoms with Gasteiger partial charge in [-0.1, -0.05) is 18.2 Å². The zero-order valence-electron chi connectivity index (χ0n) is 15.9. The molecule has 0 unspecified atom stereocenters. The van der Waals surface area contributed by atoms with E-state index in [9.17, 15) is 9.59 Å². The first-order valence-corrected chi connectivity index (χ1v) is 9.42. The molecule has 4 rings (SSSR count). The van der Waals surface area contributed by atoms with Gasteiger partial charge in [-0.3, -0.25) is 14.5 Å². The Kier molecular flexibility index (Phi) is 5.23. The first-order chi connectivity index (χ1) is 13.6. The van der Waals surface area contributed by atoms with Gasteiger partial charge in [-0.25, -0.2) is 0 Å². The van der Waals surface area contributed by atoms with Crippen LogP contribution in [0.2, 0.25) is 0 Å². The van der Waals surface area contributed by atoms with Gasteiger partial charge in [0, 0.05) is 42.8 Å². The van der Waals surface area contributed by atoms with Gasteiger partial charge >= 0.3 is 0 Å². The molecule has 2 heterocycles. The predicted molar refractivity (Wildman–Crippen MR) is 109 cm³/mol. The van der Waals surface area contributed by atoms with Crippen LogP contribution in [0.5, 0.6) is 0 Å². The van der Waals surface area contributed by atoms with Gasteiger partial charge in [-0.15, -0.1) is 0 Å². The number of benzene rings is 2. The van der Waals surface area contributed by atoms with E-state index in [-0.39, 0.29) is 17.5 Å². The van der Waals surface area contributed by atoms with E-state index < -0.39 is 0 Å². The number of fused-ring (bicyclic) bond motifs is 1. The normalized spacial score (nSPS) is 15.6. The third-order valence-corrected chi connectivity index (χ3v) is 5.08. The second kappa shape index (κ2) is 7.96. The summed E-state index contributed by atoms with van der Waals surface area (Å²) in [6, 6.07) is 16.2. The molecule has 1 aliphatic rings. The smallest absolute Gasteiger partial charge is 0.291 e. The number of nitrogens with zero attached hydrogens (tertiary/aromatic N) is 2. The molecule has 0 bridgehead atoms. The topological polar surface area (TPSA) is 65.8 Å². The van der Waals surface area contributed by atoms with E-state index in [0.717, 1.165) is 31.6 Å². The molecular weight excluding hydrogens is 354 g/mol. The summed E-state index contributed by atoms with van der Waals surface area (Å²) in [6.45, 7) is 4.22. The maximum Gasteiger partial charge on any atom is 0.291 e. The Hall–Kier alpha value is -2.96. The molecular formula is C22H23N3O3. The summed E-state index contributed by atoms with van der Waals surface area (Å²) < 4.78 is 5.58. The number of Topliss-reactive ketones (excluding diaryl/α,β-unsaturated/α-hetero) is 1. The minimum absolute atomic E-state index is 0.0970. The molecule has 0 aliphatic carbocycles. The Morgan fingerprint density at radius 1 is 1.00 bits per heavy atom. The number of rotatable bonds is 5. The fourth-order valence-corrected chi connectivity index (χ4v) is 3.33. The zero-order valence-corrected chi connectivity index (χ0v) is 15.9. The number of amides is 1. The molecule has 6 nitrogen and oxygen atoms in total. The molecule has 3 aromatic rings. The van der Waals surface area contributed by atoms with Crippen LogP contribution in [0.15, 0.2) is 59.0 Å². The van der Waals surface area contributed by atoms with Crippen molar-refractivity contribution in [1.82, 2.24) is 9.80 Å². The van der Waals surface area contributed by atoms with Crippen LogP contribution in [0.25, 0.3) is 11.0 Å². The highest BCUT2D eigenvalue weighted by Crippen LogP contribution is 2.20. The first-order valence-electron chi connectivity index (χ1n) is 9.42. The molecule has 0 spiro atoms. The number of ketones is 1. The number of nitrogens with one attached hydrogen (secondary N) is 1. The maximum atomic E-state index is 12.5. The lowest BCUT2D eigenvalue weighted by Crippen LogP contribution is -2.46. The van der Waals surface area contributed by atoms with Crippen LogP contribution < -0.4 is 5.32 Å². The van der Waals surface area contributed by atoms with Crippen molar-refractivity contribution >= 4 is 28.3 Å². The minimum atomic E-state index is -0.312. The molecule has 1 saturated heterocycles. The molecule has 1 aliphatic heterocycles. The van der Waals surface area contributed by atoms with Gasteiger partial charge in [-0.05, 0) is 43.4 Å². The molecule has 1 aromatic heterocycles. The number of furan rings is 1. The molecule has 0 radical (unpaired) electrons. The lowest BCUT2D eigenvalue weighted by Gasteiger charge is -2.31. The van der Waals surface area contributed by atoms with Crippen LogP contribution >= 0.6 is 0 Å². The Balaban J connectivity index is 1.37. The largest absolute Gasteiger partial charge is 0.451 e. The third kappa shape index (κ3) is 4.13. The Morgan fingerprint density at radius 3 is 2.43 bits per heavy atom. The number of likely N-dealkylation sites (N-methyl/N-ethyl adjacent to an activating group) is 1. The number of piperazine rings is 1. The van der Waals surface area contributed by atoms with Crippen LogP contribution in [0.4, 0.5) is 5.69 Å². The number of hydrogen-bond acceptors (Lipinski definition) is 5. The summed E-state index contributed by atoms with van der Waals surface area (Å²) in [7, 11) is 2.09. The zero-order chi connectivity index (χ0) is 19.5. The molecule has 6 heteroatoms. The number of carbonyl (C=O) groups excluding carboxylic acids is 2. The van der Waals surface area contributed by atoms with Crippen LogP contribution in [0.3, 0.4) is 0 Å². The molecule has 28 heavy (non-hydrogen) atoms. The van der Waals surface area contributed by atoms with Gasteiger partial charge in [0.2, 0.25) is 0 Å². The fraction of sp³-hybridized carbons (Fsp3) is 0.273. The second-order valence-electron chi connectivity index (χ2n) is 7.18. The number of hydrogen-bond donors (Lipinski definition) is 1. The number of anilines is 1. The van der Waals surface area contributed by atoms with Gasteiger partial charge in [0.1, 0.15) is 5.58 Å². The van der Waals surface area contributed by atoms with E-state index in [1.807, 2.05) is 24.3 Å².